The van der Waals surface area contributed by atoms with Crippen molar-refractivity contribution in [1.82, 2.24) is 9.71 Å². The molecule has 0 amide bonds. The van der Waals surface area contributed by atoms with Gasteiger partial charge in [0.2, 0.25) is 10.0 Å². The lowest BCUT2D eigenvalue weighted by atomic mass is 10.0. The molecule has 1 aromatic heterocycles. The van der Waals surface area contributed by atoms with Gasteiger partial charge < -0.3 is 5.32 Å². The molecule has 1 aromatic rings. The maximum atomic E-state index is 12.2. The summed E-state index contributed by atoms with van der Waals surface area (Å²) in [4.78, 5) is 4.33. The lowest BCUT2D eigenvalue weighted by Crippen LogP contribution is -2.30. The lowest BCUT2D eigenvalue weighted by Gasteiger charge is -2.15. The second kappa shape index (κ2) is 6.10. The molecule has 0 bridgehead atoms. The monoisotopic (exact) mass is 297 g/mol. The number of nitrogens with zero attached hydrogens (tertiary/aromatic N) is 1. The van der Waals surface area contributed by atoms with Gasteiger partial charge in [0.25, 0.3) is 0 Å². The standard InChI is InChI=1S/C14H23N3O2S/c1-3-7-14(8-9-14)11-17-20(18,19)12-5-6-13(15-4-2)16-10-12/h5-6,10,17H,3-4,7-9,11H2,1-2H3,(H,15,16). The van der Waals surface area contributed by atoms with E-state index >= 15 is 0 Å². The third kappa shape index (κ3) is 3.70. The zero-order valence-electron chi connectivity index (χ0n) is 12.1. The molecule has 1 aliphatic carbocycles. The van der Waals surface area contributed by atoms with Gasteiger partial charge in [-0.1, -0.05) is 13.3 Å². The summed E-state index contributed by atoms with van der Waals surface area (Å²) in [6.07, 6.45) is 5.84. The average Bonchev–Trinajstić information content (AvgIpc) is 3.19. The predicted molar refractivity (Wildman–Crippen MR) is 80.2 cm³/mol. The highest BCUT2D eigenvalue weighted by atomic mass is 32.2. The van der Waals surface area contributed by atoms with Crippen LogP contribution in [0.2, 0.25) is 0 Å². The van der Waals surface area contributed by atoms with E-state index in [9.17, 15) is 8.42 Å². The van der Waals surface area contributed by atoms with Crippen LogP contribution in [0.4, 0.5) is 5.82 Å². The summed E-state index contributed by atoms with van der Waals surface area (Å²) in [5.74, 6) is 0.691. The van der Waals surface area contributed by atoms with Crippen LogP contribution in [0.5, 0.6) is 0 Å². The number of aromatic nitrogens is 1. The lowest BCUT2D eigenvalue weighted by molar-refractivity contribution is 0.449. The van der Waals surface area contributed by atoms with Crippen LogP contribution in [-0.2, 0) is 10.0 Å². The highest BCUT2D eigenvalue weighted by Crippen LogP contribution is 2.49. The van der Waals surface area contributed by atoms with E-state index in [1.54, 1.807) is 12.1 Å². The smallest absolute Gasteiger partial charge is 0.242 e. The van der Waals surface area contributed by atoms with Crippen LogP contribution in [0.1, 0.15) is 39.5 Å². The summed E-state index contributed by atoms with van der Waals surface area (Å²) in [5, 5.41) is 3.04. The van der Waals surface area contributed by atoms with Crippen molar-refractivity contribution in [2.75, 3.05) is 18.4 Å². The van der Waals surface area contributed by atoms with Crippen LogP contribution < -0.4 is 10.0 Å². The number of hydrogen-bond donors (Lipinski definition) is 2. The second-order valence-corrected chi connectivity index (χ2v) is 7.25. The normalized spacial score (nSPS) is 16.9. The molecular formula is C14H23N3O2S. The van der Waals surface area contributed by atoms with E-state index in [0.29, 0.717) is 12.4 Å². The van der Waals surface area contributed by atoms with Crippen molar-refractivity contribution in [2.45, 2.75) is 44.4 Å². The minimum absolute atomic E-state index is 0.207. The summed E-state index contributed by atoms with van der Waals surface area (Å²) in [6.45, 7) is 5.41. The Morgan fingerprint density at radius 1 is 1.30 bits per heavy atom. The SMILES string of the molecule is CCCC1(CNS(=O)(=O)c2ccc(NCC)nc2)CC1. The van der Waals surface area contributed by atoms with Crippen LogP contribution in [0.3, 0.4) is 0 Å². The van der Waals surface area contributed by atoms with Gasteiger partial charge in [-0.05, 0) is 43.7 Å². The Kier molecular flexibility index (Phi) is 4.65. The van der Waals surface area contributed by atoms with Crippen LogP contribution in [0.25, 0.3) is 0 Å². The summed E-state index contributed by atoms with van der Waals surface area (Å²) in [6, 6.07) is 3.28. The van der Waals surface area contributed by atoms with Crippen molar-refractivity contribution in [3.05, 3.63) is 18.3 Å². The fourth-order valence-corrected chi connectivity index (χ4v) is 3.48. The number of nitrogens with one attached hydrogen (secondary N) is 2. The quantitative estimate of drug-likeness (QED) is 0.773. The van der Waals surface area contributed by atoms with E-state index in [1.165, 1.54) is 6.20 Å². The van der Waals surface area contributed by atoms with Gasteiger partial charge in [-0.15, -0.1) is 0 Å². The molecule has 6 heteroatoms. The number of hydrogen-bond acceptors (Lipinski definition) is 4. The van der Waals surface area contributed by atoms with Gasteiger partial charge in [0, 0.05) is 19.3 Å². The van der Waals surface area contributed by atoms with E-state index in [-0.39, 0.29) is 10.3 Å². The first kappa shape index (κ1) is 15.3. The maximum Gasteiger partial charge on any atom is 0.242 e. The first-order valence-corrected chi connectivity index (χ1v) is 8.69. The Morgan fingerprint density at radius 2 is 2.05 bits per heavy atom. The van der Waals surface area contributed by atoms with Crippen molar-refractivity contribution in [2.24, 2.45) is 5.41 Å². The molecule has 1 fully saturated rings. The van der Waals surface area contributed by atoms with Crippen molar-refractivity contribution >= 4 is 15.8 Å². The fraction of sp³-hybridized carbons (Fsp3) is 0.643. The molecule has 5 nitrogen and oxygen atoms in total. The zero-order valence-corrected chi connectivity index (χ0v) is 13.0. The number of pyridine rings is 1. The molecule has 1 aliphatic rings. The summed E-state index contributed by atoms with van der Waals surface area (Å²) in [7, 11) is -3.44. The van der Waals surface area contributed by atoms with Crippen LogP contribution in [-0.4, -0.2) is 26.5 Å². The second-order valence-electron chi connectivity index (χ2n) is 5.48. The summed E-state index contributed by atoms with van der Waals surface area (Å²) in [5.41, 5.74) is 0.207. The predicted octanol–water partition coefficient (Wildman–Crippen LogP) is 2.37. The van der Waals surface area contributed by atoms with E-state index in [2.05, 4.69) is 21.9 Å². The van der Waals surface area contributed by atoms with Gasteiger partial charge in [0.1, 0.15) is 10.7 Å². The molecule has 2 rings (SSSR count). The fourth-order valence-electron chi connectivity index (χ4n) is 2.38. The molecule has 0 radical (unpaired) electrons. The molecule has 0 spiro atoms. The van der Waals surface area contributed by atoms with Crippen LogP contribution >= 0.6 is 0 Å². The Balaban J connectivity index is 1.99. The number of sulfonamides is 1. The zero-order chi connectivity index (χ0) is 14.6. The molecule has 0 aromatic carbocycles. The molecule has 2 N–H and O–H groups in total. The number of anilines is 1. The van der Waals surface area contributed by atoms with Crippen molar-refractivity contribution < 1.29 is 8.42 Å². The van der Waals surface area contributed by atoms with Crippen LogP contribution in [0, 0.1) is 5.41 Å². The first-order valence-electron chi connectivity index (χ1n) is 7.21. The molecule has 1 saturated carbocycles. The molecule has 112 valence electrons. The topological polar surface area (TPSA) is 71.1 Å². The molecule has 1 heterocycles. The van der Waals surface area contributed by atoms with Gasteiger partial charge in [0.05, 0.1) is 0 Å². The maximum absolute atomic E-state index is 12.2. The van der Waals surface area contributed by atoms with E-state index < -0.39 is 10.0 Å². The Morgan fingerprint density at radius 3 is 2.55 bits per heavy atom. The van der Waals surface area contributed by atoms with Gasteiger partial charge in [-0.2, -0.15) is 0 Å². The first-order chi connectivity index (χ1) is 9.51. The van der Waals surface area contributed by atoms with Gasteiger partial charge in [-0.3, -0.25) is 0 Å². The van der Waals surface area contributed by atoms with E-state index in [4.69, 9.17) is 0 Å². The van der Waals surface area contributed by atoms with Crippen molar-refractivity contribution in [1.29, 1.82) is 0 Å². The third-order valence-corrected chi connectivity index (χ3v) is 5.17. The van der Waals surface area contributed by atoms with Gasteiger partial charge in [0.15, 0.2) is 0 Å². The van der Waals surface area contributed by atoms with Crippen molar-refractivity contribution in [3.63, 3.8) is 0 Å². The third-order valence-electron chi connectivity index (χ3n) is 3.78. The Hall–Kier alpha value is -1.14. The summed E-state index contributed by atoms with van der Waals surface area (Å²) < 4.78 is 27.1. The minimum atomic E-state index is -3.44. The largest absolute Gasteiger partial charge is 0.370 e. The van der Waals surface area contributed by atoms with Crippen LogP contribution in [0.15, 0.2) is 23.2 Å². The highest BCUT2D eigenvalue weighted by molar-refractivity contribution is 7.89. The van der Waals surface area contributed by atoms with Crippen molar-refractivity contribution in [3.8, 4) is 0 Å². The molecule has 0 aliphatic heterocycles. The molecule has 0 saturated heterocycles. The minimum Gasteiger partial charge on any atom is -0.370 e. The van der Waals surface area contributed by atoms with Gasteiger partial charge >= 0.3 is 0 Å². The van der Waals surface area contributed by atoms with E-state index in [0.717, 1.165) is 32.2 Å². The molecule has 20 heavy (non-hydrogen) atoms. The number of rotatable bonds is 8. The Labute approximate surface area is 121 Å². The van der Waals surface area contributed by atoms with E-state index in [1.807, 2.05) is 6.92 Å². The van der Waals surface area contributed by atoms with Gasteiger partial charge in [-0.25, -0.2) is 18.1 Å². The average molecular weight is 297 g/mol. The Bertz CT molecular complexity index is 536. The highest BCUT2D eigenvalue weighted by Gasteiger charge is 2.42. The molecule has 0 atom stereocenters. The molecule has 0 unspecified atom stereocenters. The molecular weight excluding hydrogens is 274 g/mol. The summed E-state index contributed by atoms with van der Waals surface area (Å²) >= 11 is 0.